The Morgan fingerprint density at radius 2 is 2.00 bits per heavy atom. The zero-order valence-corrected chi connectivity index (χ0v) is 11.2. The molecule has 0 unspecified atom stereocenters. The summed E-state index contributed by atoms with van der Waals surface area (Å²) in [4.78, 5) is 5.73. The monoisotopic (exact) mass is 265 g/mol. The first-order chi connectivity index (χ1) is 8.34. The molecule has 1 aromatic carbocycles. The van der Waals surface area contributed by atoms with Gasteiger partial charge >= 0.3 is 0 Å². The Labute approximate surface area is 110 Å². The Balaban J connectivity index is 1.93. The topological polar surface area (TPSA) is 24.0 Å². The van der Waals surface area contributed by atoms with Crippen LogP contribution >= 0.6 is 24.0 Å². The van der Waals surface area contributed by atoms with E-state index in [0.717, 1.165) is 30.0 Å². The number of H-pyrrole nitrogens is 1. The van der Waals surface area contributed by atoms with Crippen LogP contribution in [0.4, 0.5) is 0 Å². The molecular weight excluding hydrogens is 250 g/mol. The molecule has 0 saturated carbocycles. The molecule has 5 heteroatoms. The van der Waals surface area contributed by atoms with Crippen LogP contribution < -0.4 is 0 Å². The second kappa shape index (κ2) is 4.84. The summed E-state index contributed by atoms with van der Waals surface area (Å²) in [6.07, 6.45) is 0. The van der Waals surface area contributed by atoms with Gasteiger partial charge in [-0.2, -0.15) is 11.8 Å². The molecule has 17 heavy (non-hydrogen) atoms. The second-order valence-corrected chi connectivity index (χ2v) is 5.86. The Bertz CT molecular complexity index is 566. The molecule has 1 saturated heterocycles. The highest BCUT2D eigenvalue weighted by Crippen LogP contribution is 2.16. The van der Waals surface area contributed by atoms with Crippen molar-refractivity contribution in [3.8, 4) is 0 Å². The minimum Gasteiger partial charge on any atom is -0.331 e. The lowest BCUT2D eigenvalue weighted by Crippen LogP contribution is -2.34. The molecule has 3 rings (SSSR count). The lowest BCUT2D eigenvalue weighted by atomic mass is 10.3. The van der Waals surface area contributed by atoms with E-state index in [-0.39, 0.29) is 0 Å². The molecule has 0 atom stereocenters. The van der Waals surface area contributed by atoms with Crippen molar-refractivity contribution in [1.29, 1.82) is 0 Å². The van der Waals surface area contributed by atoms with E-state index in [1.165, 1.54) is 17.0 Å². The number of benzene rings is 1. The van der Waals surface area contributed by atoms with Gasteiger partial charge in [0.2, 0.25) is 0 Å². The van der Waals surface area contributed by atoms with Crippen LogP contribution in [0.3, 0.4) is 0 Å². The fraction of sp³-hybridized carbons (Fsp3) is 0.417. The number of para-hydroxylation sites is 2. The summed E-state index contributed by atoms with van der Waals surface area (Å²) in [7, 11) is 0. The zero-order chi connectivity index (χ0) is 11.7. The Morgan fingerprint density at radius 3 is 2.82 bits per heavy atom. The molecule has 1 N–H and O–H groups in total. The van der Waals surface area contributed by atoms with Gasteiger partial charge in [0.1, 0.15) is 0 Å². The van der Waals surface area contributed by atoms with Crippen molar-refractivity contribution in [2.45, 2.75) is 6.67 Å². The largest absolute Gasteiger partial charge is 0.331 e. The summed E-state index contributed by atoms with van der Waals surface area (Å²) >= 11 is 7.43. The normalized spacial score (nSPS) is 17.6. The lowest BCUT2D eigenvalue weighted by Gasteiger charge is -2.26. The van der Waals surface area contributed by atoms with Crippen molar-refractivity contribution in [3.63, 3.8) is 0 Å². The number of nitrogens with one attached hydrogen (secondary N) is 1. The van der Waals surface area contributed by atoms with Gasteiger partial charge in [0.15, 0.2) is 4.77 Å². The van der Waals surface area contributed by atoms with Crippen LogP contribution in [-0.4, -0.2) is 39.0 Å². The van der Waals surface area contributed by atoms with Crippen molar-refractivity contribution in [2.24, 2.45) is 0 Å². The standard InChI is InChI=1S/C12H15N3S2/c16-12-13-10-3-1-2-4-11(10)15(12)9-14-5-7-17-8-6-14/h1-4H,5-9H2,(H,13,16). The maximum atomic E-state index is 5.40. The number of imidazole rings is 1. The van der Waals surface area contributed by atoms with Crippen molar-refractivity contribution in [3.05, 3.63) is 29.0 Å². The van der Waals surface area contributed by atoms with Crippen LogP contribution in [0.15, 0.2) is 24.3 Å². The number of hydrogen-bond donors (Lipinski definition) is 1. The third kappa shape index (κ3) is 2.27. The third-order valence-electron chi connectivity index (χ3n) is 3.13. The van der Waals surface area contributed by atoms with Gasteiger partial charge in [0.05, 0.1) is 17.7 Å². The molecule has 2 aromatic rings. The summed E-state index contributed by atoms with van der Waals surface area (Å²) in [5, 5.41) is 0. The molecule has 0 bridgehead atoms. The number of aromatic amines is 1. The molecule has 0 aliphatic carbocycles. The Hall–Kier alpha value is -0.780. The molecule has 90 valence electrons. The Kier molecular flexibility index (Phi) is 3.22. The average Bonchev–Trinajstić information content (AvgIpc) is 2.68. The Morgan fingerprint density at radius 1 is 1.24 bits per heavy atom. The van der Waals surface area contributed by atoms with Crippen LogP contribution in [0.2, 0.25) is 0 Å². The molecule has 1 aromatic heterocycles. The molecule has 0 spiro atoms. The number of thioether (sulfide) groups is 1. The molecule has 3 nitrogen and oxygen atoms in total. The third-order valence-corrected chi connectivity index (χ3v) is 4.39. The molecule has 1 aliphatic rings. The quantitative estimate of drug-likeness (QED) is 0.845. The molecular formula is C12H15N3S2. The maximum Gasteiger partial charge on any atom is 0.179 e. The van der Waals surface area contributed by atoms with Crippen LogP contribution in [-0.2, 0) is 6.67 Å². The molecule has 1 fully saturated rings. The van der Waals surface area contributed by atoms with Crippen molar-refractivity contribution in [2.75, 3.05) is 24.6 Å². The first-order valence-electron chi connectivity index (χ1n) is 5.82. The average molecular weight is 265 g/mol. The summed E-state index contributed by atoms with van der Waals surface area (Å²) in [6.45, 7) is 3.22. The van der Waals surface area contributed by atoms with Crippen LogP contribution in [0, 0.1) is 4.77 Å². The highest BCUT2D eigenvalue weighted by Gasteiger charge is 2.12. The highest BCUT2D eigenvalue weighted by molar-refractivity contribution is 7.99. The number of rotatable bonds is 2. The van der Waals surface area contributed by atoms with Gasteiger partial charge in [0, 0.05) is 24.6 Å². The van der Waals surface area contributed by atoms with Gasteiger partial charge < -0.3 is 9.55 Å². The minimum atomic E-state index is 0.824. The van der Waals surface area contributed by atoms with Crippen molar-refractivity contribution < 1.29 is 0 Å². The fourth-order valence-corrected chi connectivity index (χ4v) is 3.43. The van der Waals surface area contributed by atoms with E-state index in [9.17, 15) is 0 Å². The van der Waals surface area contributed by atoms with E-state index < -0.39 is 0 Å². The first-order valence-corrected chi connectivity index (χ1v) is 7.38. The van der Waals surface area contributed by atoms with Gasteiger partial charge in [-0.1, -0.05) is 12.1 Å². The number of aromatic nitrogens is 2. The molecule has 2 heterocycles. The zero-order valence-electron chi connectivity index (χ0n) is 9.56. The predicted octanol–water partition coefficient (Wildman–Crippen LogP) is 2.71. The van der Waals surface area contributed by atoms with Gasteiger partial charge in [-0.3, -0.25) is 4.90 Å². The van der Waals surface area contributed by atoms with E-state index >= 15 is 0 Å². The summed E-state index contributed by atoms with van der Waals surface area (Å²) in [6, 6.07) is 8.30. The molecule has 1 aliphatic heterocycles. The van der Waals surface area contributed by atoms with Gasteiger partial charge in [0.25, 0.3) is 0 Å². The van der Waals surface area contributed by atoms with E-state index in [1.54, 1.807) is 0 Å². The first kappa shape index (κ1) is 11.3. The number of fused-ring (bicyclic) bond motifs is 1. The van der Waals surface area contributed by atoms with Crippen LogP contribution in [0.25, 0.3) is 11.0 Å². The SMILES string of the molecule is S=c1[nH]c2ccccc2n1CN1CCSCC1. The summed E-state index contributed by atoms with van der Waals surface area (Å²) in [5.41, 5.74) is 2.33. The lowest BCUT2D eigenvalue weighted by molar-refractivity contribution is 0.243. The molecule has 0 radical (unpaired) electrons. The van der Waals surface area contributed by atoms with E-state index in [2.05, 4.69) is 32.7 Å². The second-order valence-electron chi connectivity index (χ2n) is 4.25. The van der Waals surface area contributed by atoms with Gasteiger partial charge in [-0.15, -0.1) is 0 Å². The van der Waals surface area contributed by atoms with Crippen LogP contribution in [0.1, 0.15) is 0 Å². The number of hydrogen-bond acceptors (Lipinski definition) is 3. The van der Waals surface area contributed by atoms with Gasteiger partial charge in [-0.25, -0.2) is 0 Å². The maximum absolute atomic E-state index is 5.40. The van der Waals surface area contributed by atoms with E-state index in [0.29, 0.717) is 0 Å². The summed E-state index contributed by atoms with van der Waals surface area (Å²) in [5.74, 6) is 2.46. The predicted molar refractivity (Wildman–Crippen MR) is 76.0 cm³/mol. The minimum absolute atomic E-state index is 0.824. The van der Waals surface area contributed by atoms with Gasteiger partial charge in [-0.05, 0) is 24.4 Å². The van der Waals surface area contributed by atoms with Crippen molar-refractivity contribution in [1.82, 2.24) is 14.5 Å². The van der Waals surface area contributed by atoms with Crippen molar-refractivity contribution >= 4 is 35.0 Å². The summed E-state index contributed by atoms with van der Waals surface area (Å²) < 4.78 is 3.02. The molecule has 0 amide bonds. The number of nitrogens with zero attached hydrogens (tertiary/aromatic N) is 2. The fourth-order valence-electron chi connectivity index (χ4n) is 2.19. The van der Waals surface area contributed by atoms with E-state index in [1.807, 2.05) is 17.8 Å². The smallest absolute Gasteiger partial charge is 0.179 e. The highest BCUT2D eigenvalue weighted by atomic mass is 32.2. The van der Waals surface area contributed by atoms with E-state index in [4.69, 9.17) is 12.2 Å². The van der Waals surface area contributed by atoms with Crippen LogP contribution in [0.5, 0.6) is 0 Å².